The second-order valence-corrected chi connectivity index (χ2v) is 5.52. The zero-order valence-corrected chi connectivity index (χ0v) is 12.6. The van der Waals surface area contributed by atoms with E-state index in [0.717, 1.165) is 23.8 Å². The van der Waals surface area contributed by atoms with Crippen molar-refractivity contribution in [2.24, 2.45) is 0 Å². The van der Waals surface area contributed by atoms with Crippen molar-refractivity contribution in [2.75, 3.05) is 19.0 Å². The summed E-state index contributed by atoms with van der Waals surface area (Å²) in [5.41, 5.74) is 1.14. The third kappa shape index (κ3) is 3.44. The number of aromatic nitrogens is 2. The van der Waals surface area contributed by atoms with Crippen molar-refractivity contribution in [3.8, 4) is 0 Å². The molecule has 1 saturated carbocycles. The van der Waals surface area contributed by atoms with Crippen LogP contribution in [0.4, 0.5) is 5.82 Å². The van der Waals surface area contributed by atoms with Crippen LogP contribution in [0.3, 0.4) is 0 Å². The highest BCUT2D eigenvalue weighted by Crippen LogP contribution is 2.25. The Labute approximate surface area is 116 Å². The van der Waals surface area contributed by atoms with Crippen LogP contribution < -0.4 is 10.2 Å². The fraction of sp³-hybridized carbons (Fsp3) is 0.733. The summed E-state index contributed by atoms with van der Waals surface area (Å²) in [4.78, 5) is 11.4. The van der Waals surface area contributed by atoms with Crippen molar-refractivity contribution < 1.29 is 0 Å². The van der Waals surface area contributed by atoms with Gasteiger partial charge in [-0.1, -0.05) is 6.92 Å². The van der Waals surface area contributed by atoms with E-state index in [1.165, 1.54) is 25.7 Å². The molecule has 1 aromatic heterocycles. The molecule has 1 heterocycles. The SMILES string of the molecule is CCc1cc(N(C)C2CCC(NC)CC2)nc(C)n1. The molecule has 1 fully saturated rings. The van der Waals surface area contributed by atoms with Gasteiger partial charge < -0.3 is 10.2 Å². The summed E-state index contributed by atoms with van der Waals surface area (Å²) in [6.07, 6.45) is 5.97. The number of anilines is 1. The van der Waals surface area contributed by atoms with Crippen molar-refractivity contribution in [1.29, 1.82) is 0 Å². The Hall–Kier alpha value is -1.16. The maximum atomic E-state index is 4.60. The standard InChI is InChI=1S/C15H26N4/c1-5-12-10-15(18-11(2)17-12)19(4)14-8-6-13(16-3)7-9-14/h10,13-14,16H,5-9H2,1-4H3. The van der Waals surface area contributed by atoms with Gasteiger partial charge in [0.2, 0.25) is 0 Å². The molecule has 19 heavy (non-hydrogen) atoms. The molecular formula is C15H26N4. The van der Waals surface area contributed by atoms with Crippen LogP contribution in [0.25, 0.3) is 0 Å². The monoisotopic (exact) mass is 262 g/mol. The number of aryl methyl sites for hydroxylation is 2. The third-order valence-electron chi connectivity index (χ3n) is 4.25. The lowest BCUT2D eigenvalue weighted by Crippen LogP contribution is -2.40. The maximum Gasteiger partial charge on any atom is 0.132 e. The van der Waals surface area contributed by atoms with E-state index in [2.05, 4.69) is 47.3 Å². The van der Waals surface area contributed by atoms with Crippen LogP contribution in [0.2, 0.25) is 0 Å². The van der Waals surface area contributed by atoms with Gasteiger partial charge in [-0.25, -0.2) is 9.97 Å². The first kappa shape index (κ1) is 14.3. The van der Waals surface area contributed by atoms with E-state index in [0.29, 0.717) is 12.1 Å². The molecule has 0 saturated heterocycles. The molecule has 106 valence electrons. The Morgan fingerprint density at radius 3 is 2.53 bits per heavy atom. The minimum absolute atomic E-state index is 0.614. The Morgan fingerprint density at radius 2 is 1.95 bits per heavy atom. The smallest absolute Gasteiger partial charge is 0.132 e. The van der Waals surface area contributed by atoms with Crippen LogP contribution >= 0.6 is 0 Å². The molecule has 0 unspecified atom stereocenters. The van der Waals surface area contributed by atoms with Gasteiger partial charge in [0.25, 0.3) is 0 Å². The molecule has 0 aromatic carbocycles. The average molecular weight is 262 g/mol. The molecule has 0 amide bonds. The van der Waals surface area contributed by atoms with Crippen LogP contribution in [0.5, 0.6) is 0 Å². The molecule has 0 radical (unpaired) electrons. The fourth-order valence-electron chi connectivity index (χ4n) is 2.91. The van der Waals surface area contributed by atoms with Crippen LogP contribution in [0.1, 0.15) is 44.1 Å². The van der Waals surface area contributed by atoms with Crippen LogP contribution in [-0.4, -0.2) is 36.1 Å². The second kappa shape index (κ2) is 6.33. The molecule has 4 nitrogen and oxygen atoms in total. The van der Waals surface area contributed by atoms with Gasteiger partial charge in [-0.05, 0) is 46.1 Å². The number of hydrogen-bond acceptors (Lipinski definition) is 4. The minimum atomic E-state index is 0.614. The van der Waals surface area contributed by atoms with Gasteiger partial charge in [0.1, 0.15) is 11.6 Å². The highest BCUT2D eigenvalue weighted by Gasteiger charge is 2.24. The minimum Gasteiger partial charge on any atom is -0.357 e. The van der Waals surface area contributed by atoms with E-state index in [1.807, 2.05) is 6.92 Å². The second-order valence-electron chi connectivity index (χ2n) is 5.52. The number of nitrogens with zero attached hydrogens (tertiary/aromatic N) is 3. The summed E-state index contributed by atoms with van der Waals surface area (Å²) in [6, 6.07) is 3.45. The van der Waals surface area contributed by atoms with E-state index >= 15 is 0 Å². The lowest BCUT2D eigenvalue weighted by Gasteiger charge is -2.35. The van der Waals surface area contributed by atoms with Crippen molar-refractivity contribution in [3.63, 3.8) is 0 Å². The predicted molar refractivity (Wildman–Crippen MR) is 79.7 cm³/mol. The lowest BCUT2D eigenvalue weighted by molar-refractivity contribution is 0.350. The Kier molecular flexibility index (Phi) is 4.75. The van der Waals surface area contributed by atoms with Gasteiger partial charge in [0.05, 0.1) is 0 Å². The first-order valence-electron chi connectivity index (χ1n) is 7.38. The van der Waals surface area contributed by atoms with E-state index in [1.54, 1.807) is 0 Å². The first-order valence-corrected chi connectivity index (χ1v) is 7.38. The van der Waals surface area contributed by atoms with Crippen molar-refractivity contribution in [1.82, 2.24) is 15.3 Å². The summed E-state index contributed by atoms with van der Waals surface area (Å²) >= 11 is 0. The Bertz CT molecular complexity index is 411. The Balaban J connectivity index is 2.07. The quantitative estimate of drug-likeness (QED) is 0.904. The molecule has 1 aliphatic rings. The molecule has 1 N–H and O–H groups in total. The number of nitrogens with one attached hydrogen (secondary N) is 1. The Morgan fingerprint density at radius 1 is 1.26 bits per heavy atom. The van der Waals surface area contributed by atoms with Crippen molar-refractivity contribution >= 4 is 5.82 Å². The maximum absolute atomic E-state index is 4.60. The van der Waals surface area contributed by atoms with E-state index < -0.39 is 0 Å². The van der Waals surface area contributed by atoms with E-state index in [-0.39, 0.29) is 0 Å². The van der Waals surface area contributed by atoms with Gasteiger partial charge in [0.15, 0.2) is 0 Å². The first-order chi connectivity index (χ1) is 9.13. The highest BCUT2D eigenvalue weighted by atomic mass is 15.2. The van der Waals surface area contributed by atoms with Crippen LogP contribution in [0, 0.1) is 6.92 Å². The molecule has 1 aliphatic carbocycles. The molecule has 1 aromatic rings. The molecular weight excluding hydrogens is 236 g/mol. The van der Waals surface area contributed by atoms with Crippen molar-refractivity contribution in [2.45, 2.75) is 58.0 Å². The molecule has 0 bridgehead atoms. The normalized spacial score (nSPS) is 23.4. The fourth-order valence-corrected chi connectivity index (χ4v) is 2.91. The zero-order valence-electron chi connectivity index (χ0n) is 12.6. The van der Waals surface area contributed by atoms with E-state index in [9.17, 15) is 0 Å². The molecule has 0 spiro atoms. The molecule has 4 heteroatoms. The largest absolute Gasteiger partial charge is 0.357 e. The van der Waals surface area contributed by atoms with Gasteiger partial charge in [-0.2, -0.15) is 0 Å². The summed E-state index contributed by atoms with van der Waals surface area (Å²) in [6.45, 7) is 4.12. The molecule has 0 atom stereocenters. The number of rotatable bonds is 4. The zero-order chi connectivity index (χ0) is 13.8. The topological polar surface area (TPSA) is 41.0 Å². The van der Waals surface area contributed by atoms with Gasteiger partial charge >= 0.3 is 0 Å². The van der Waals surface area contributed by atoms with Crippen LogP contribution in [-0.2, 0) is 6.42 Å². The molecule has 0 aliphatic heterocycles. The summed E-state index contributed by atoms with van der Waals surface area (Å²) in [5.74, 6) is 1.96. The summed E-state index contributed by atoms with van der Waals surface area (Å²) < 4.78 is 0. The van der Waals surface area contributed by atoms with Gasteiger partial charge in [-0.3, -0.25) is 0 Å². The summed E-state index contributed by atoms with van der Waals surface area (Å²) in [7, 11) is 4.24. The predicted octanol–water partition coefficient (Wildman–Crippen LogP) is 2.31. The van der Waals surface area contributed by atoms with Crippen molar-refractivity contribution in [3.05, 3.63) is 17.6 Å². The van der Waals surface area contributed by atoms with Gasteiger partial charge in [-0.15, -0.1) is 0 Å². The molecule has 2 rings (SSSR count). The number of hydrogen-bond donors (Lipinski definition) is 1. The van der Waals surface area contributed by atoms with Gasteiger partial charge in [0, 0.05) is 30.9 Å². The lowest BCUT2D eigenvalue weighted by atomic mass is 9.90. The van der Waals surface area contributed by atoms with E-state index in [4.69, 9.17) is 0 Å². The highest BCUT2D eigenvalue weighted by molar-refractivity contribution is 5.40. The average Bonchev–Trinajstić information content (AvgIpc) is 2.46. The van der Waals surface area contributed by atoms with Crippen LogP contribution in [0.15, 0.2) is 6.07 Å². The third-order valence-corrected chi connectivity index (χ3v) is 4.25. The summed E-state index contributed by atoms with van der Waals surface area (Å²) in [5, 5.41) is 3.39.